The Labute approximate surface area is 73.2 Å². The molecule has 0 rings (SSSR count). The van der Waals surface area contributed by atoms with Crippen molar-refractivity contribution in [1.29, 1.82) is 0 Å². The zero-order valence-corrected chi connectivity index (χ0v) is 7.91. The first kappa shape index (κ1) is 13.9. The lowest BCUT2D eigenvalue weighted by molar-refractivity contribution is -0.136. The smallest absolute Gasteiger partial charge is 0.303 e. The number of rotatable bonds is 4. The van der Waals surface area contributed by atoms with E-state index in [0.29, 0.717) is 13.2 Å². The van der Waals surface area contributed by atoms with E-state index >= 15 is 0 Å². The molecule has 0 aromatic heterocycles. The van der Waals surface area contributed by atoms with Crippen LogP contribution in [0.3, 0.4) is 0 Å². The zero-order chi connectivity index (χ0) is 9.98. The maximum Gasteiger partial charge on any atom is 0.303 e. The minimum absolute atomic E-state index is 0.222. The quantitative estimate of drug-likeness (QED) is 0.670. The van der Waals surface area contributed by atoms with E-state index in [1.165, 1.54) is 0 Å². The van der Waals surface area contributed by atoms with E-state index in [9.17, 15) is 4.79 Å². The van der Waals surface area contributed by atoms with Crippen LogP contribution >= 0.6 is 0 Å². The average Bonchev–Trinajstić information content (AvgIpc) is 2.02. The van der Waals surface area contributed by atoms with Gasteiger partial charge in [0.05, 0.1) is 12.7 Å². The molecule has 0 aliphatic rings. The fourth-order valence-electron chi connectivity index (χ4n) is 0.288. The van der Waals surface area contributed by atoms with Gasteiger partial charge in [-0.25, -0.2) is 0 Å². The minimum atomic E-state index is -0.745. The first-order valence-corrected chi connectivity index (χ1v) is 4.02. The van der Waals surface area contributed by atoms with Gasteiger partial charge in [0.2, 0.25) is 0 Å². The predicted octanol–water partition coefficient (Wildman–Crippen LogP) is 0.885. The van der Waals surface area contributed by atoms with Crippen molar-refractivity contribution in [2.45, 2.75) is 33.3 Å². The average molecular weight is 178 g/mol. The summed E-state index contributed by atoms with van der Waals surface area (Å²) in [4.78, 5) is 9.37. The van der Waals surface area contributed by atoms with Crippen molar-refractivity contribution in [1.82, 2.24) is 0 Å². The first-order chi connectivity index (χ1) is 5.54. The standard InChI is InChI=1S/C5H12O2.C3H6O2/c1-3-7-4-5(2)6;1-2-3(4)5/h5-6H,3-4H2,1-2H3;2H2,1H3,(H,4,5). The highest BCUT2D eigenvalue weighted by Gasteiger charge is 1.90. The summed E-state index contributed by atoms with van der Waals surface area (Å²) in [7, 11) is 0. The molecule has 0 heterocycles. The zero-order valence-electron chi connectivity index (χ0n) is 7.91. The molecule has 0 aromatic rings. The van der Waals surface area contributed by atoms with Crippen LogP contribution in [0.5, 0.6) is 0 Å². The van der Waals surface area contributed by atoms with Crippen LogP contribution in [0.1, 0.15) is 27.2 Å². The van der Waals surface area contributed by atoms with Crippen LogP contribution in [0.2, 0.25) is 0 Å². The SMILES string of the molecule is CCC(=O)O.CCOCC(C)O. The number of aliphatic hydroxyl groups is 1. The predicted molar refractivity (Wildman–Crippen MR) is 46.1 cm³/mol. The van der Waals surface area contributed by atoms with Gasteiger partial charge < -0.3 is 14.9 Å². The van der Waals surface area contributed by atoms with Crippen LogP contribution < -0.4 is 0 Å². The highest BCUT2D eigenvalue weighted by Crippen LogP contribution is 1.79. The summed E-state index contributed by atoms with van der Waals surface area (Å²) in [6.45, 7) is 6.35. The van der Waals surface area contributed by atoms with Gasteiger partial charge in [-0.1, -0.05) is 6.92 Å². The third-order valence-electron chi connectivity index (χ3n) is 0.866. The molecule has 0 spiro atoms. The molecule has 0 fully saturated rings. The molecule has 0 aliphatic heterocycles. The Hall–Kier alpha value is -0.610. The molecule has 1 unspecified atom stereocenters. The molecule has 2 N–H and O–H groups in total. The van der Waals surface area contributed by atoms with Crippen LogP contribution in [0.15, 0.2) is 0 Å². The Morgan fingerprint density at radius 2 is 1.92 bits per heavy atom. The molecule has 0 amide bonds. The number of carbonyl (C=O) groups is 1. The van der Waals surface area contributed by atoms with Gasteiger partial charge in [0.1, 0.15) is 0 Å². The van der Waals surface area contributed by atoms with Crippen LogP contribution in [0.25, 0.3) is 0 Å². The normalized spacial score (nSPS) is 11.3. The molecular weight excluding hydrogens is 160 g/mol. The van der Waals surface area contributed by atoms with E-state index in [0.717, 1.165) is 0 Å². The summed E-state index contributed by atoms with van der Waals surface area (Å²) >= 11 is 0. The van der Waals surface area contributed by atoms with E-state index in [-0.39, 0.29) is 12.5 Å². The number of ether oxygens (including phenoxy) is 1. The molecule has 0 saturated heterocycles. The van der Waals surface area contributed by atoms with Crippen molar-refractivity contribution in [2.24, 2.45) is 0 Å². The molecule has 0 saturated carbocycles. The summed E-state index contributed by atoms with van der Waals surface area (Å²) in [5, 5.41) is 16.3. The van der Waals surface area contributed by atoms with Gasteiger partial charge in [0.15, 0.2) is 0 Å². The number of hydrogen-bond donors (Lipinski definition) is 2. The fraction of sp³-hybridized carbons (Fsp3) is 0.875. The van der Waals surface area contributed by atoms with Gasteiger partial charge in [-0.15, -0.1) is 0 Å². The Balaban J connectivity index is 0. The molecule has 74 valence electrons. The van der Waals surface area contributed by atoms with Crippen molar-refractivity contribution >= 4 is 5.97 Å². The maximum atomic E-state index is 9.37. The molecule has 12 heavy (non-hydrogen) atoms. The van der Waals surface area contributed by atoms with Crippen molar-refractivity contribution in [3.63, 3.8) is 0 Å². The second-order valence-electron chi connectivity index (χ2n) is 2.26. The summed E-state index contributed by atoms with van der Waals surface area (Å²) < 4.78 is 4.84. The number of aliphatic hydroxyl groups excluding tert-OH is 1. The maximum absolute atomic E-state index is 9.37. The largest absolute Gasteiger partial charge is 0.481 e. The van der Waals surface area contributed by atoms with E-state index in [1.807, 2.05) is 6.92 Å². The lowest BCUT2D eigenvalue weighted by Gasteiger charge is -2.00. The van der Waals surface area contributed by atoms with Gasteiger partial charge in [0.25, 0.3) is 0 Å². The first-order valence-electron chi connectivity index (χ1n) is 4.02. The molecule has 0 aliphatic carbocycles. The number of carboxylic acid groups (broad SMARTS) is 1. The van der Waals surface area contributed by atoms with E-state index in [2.05, 4.69) is 0 Å². The lowest BCUT2D eigenvalue weighted by atomic mass is 10.4. The molecule has 4 nitrogen and oxygen atoms in total. The van der Waals surface area contributed by atoms with Crippen molar-refractivity contribution in [3.05, 3.63) is 0 Å². The highest BCUT2D eigenvalue weighted by atomic mass is 16.5. The van der Waals surface area contributed by atoms with Crippen molar-refractivity contribution in [2.75, 3.05) is 13.2 Å². The van der Waals surface area contributed by atoms with E-state index in [1.54, 1.807) is 13.8 Å². The van der Waals surface area contributed by atoms with Crippen LogP contribution in [0.4, 0.5) is 0 Å². The van der Waals surface area contributed by atoms with Crippen LogP contribution in [-0.2, 0) is 9.53 Å². The molecular formula is C8H18O4. The highest BCUT2D eigenvalue weighted by molar-refractivity contribution is 5.66. The molecule has 1 atom stereocenters. The van der Waals surface area contributed by atoms with Crippen molar-refractivity contribution in [3.8, 4) is 0 Å². The van der Waals surface area contributed by atoms with Gasteiger partial charge >= 0.3 is 5.97 Å². The van der Waals surface area contributed by atoms with Crippen LogP contribution in [0, 0.1) is 0 Å². The second kappa shape index (κ2) is 10.4. The molecule has 0 radical (unpaired) electrons. The van der Waals surface area contributed by atoms with E-state index < -0.39 is 5.97 Å². The summed E-state index contributed by atoms with van der Waals surface area (Å²) in [6, 6.07) is 0. The minimum Gasteiger partial charge on any atom is -0.481 e. The summed E-state index contributed by atoms with van der Waals surface area (Å²) in [5.74, 6) is -0.745. The van der Waals surface area contributed by atoms with E-state index in [4.69, 9.17) is 14.9 Å². The number of hydrogen-bond acceptors (Lipinski definition) is 3. The Kier molecular flexibility index (Phi) is 12.1. The fourth-order valence-corrected chi connectivity index (χ4v) is 0.288. The summed E-state index contributed by atoms with van der Waals surface area (Å²) in [6.07, 6.45) is -0.0973. The second-order valence-corrected chi connectivity index (χ2v) is 2.26. The van der Waals surface area contributed by atoms with Gasteiger partial charge in [0, 0.05) is 13.0 Å². The Morgan fingerprint density at radius 1 is 1.50 bits per heavy atom. The van der Waals surface area contributed by atoms with Gasteiger partial charge in [-0.3, -0.25) is 4.79 Å². The third-order valence-corrected chi connectivity index (χ3v) is 0.866. The number of carboxylic acids is 1. The van der Waals surface area contributed by atoms with Crippen molar-refractivity contribution < 1.29 is 19.7 Å². The molecule has 0 bridgehead atoms. The molecule has 0 aromatic carbocycles. The van der Waals surface area contributed by atoms with Crippen LogP contribution in [-0.4, -0.2) is 35.5 Å². The number of aliphatic carboxylic acids is 1. The summed E-state index contributed by atoms with van der Waals surface area (Å²) in [5.41, 5.74) is 0. The van der Waals surface area contributed by atoms with Gasteiger partial charge in [-0.05, 0) is 13.8 Å². The topological polar surface area (TPSA) is 66.8 Å². The third kappa shape index (κ3) is 22.8. The van der Waals surface area contributed by atoms with Gasteiger partial charge in [-0.2, -0.15) is 0 Å². The lowest BCUT2D eigenvalue weighted by Crippen LogP contribution is -2.09. The Bertz CT molecular complexity index is 101. The molecule has 4 heteroatoms. The monoisotopic (exact) mass is 178 g/mol. The Morgan fingerprint density at radius 3 is 2.00 bits per heavy atom.